The largest absolute Gasteiger partial charge is 0.226 e. The van der Waals surface area contributed by atoms with Crippen LogP contribution in [0.2, 0.25) is 0 Å². The Balaban J connectivity index is 0.000000258. The van der Waals surface area contributed by atoms with Crippen LogP contribution in [0, 0.1) is 116 Å². The van der Waals surface area contributed by atoms with Gasteiger partial charge in [0.25, 0.3) is 0 Å². The molecule has 8 aromatic rings. The zero-order chi connectivity index (χ0) is 47.7. The molecule has 0 saturated heterocycles. The van der Waals surface area contributed by atoms with E-state index in [1.807, 2.05) is 0 Å². The van der Waals surface area contributed by atoms with Crippen LogP contribution < -0.4 is 26.4 Å². The molecular weight excluding hydrogens is 941 g/mol. The second-order valence-corrected chi connectivity index (χ2v) is 14.6. The summed E-state index contributed by atoms with van der Waals surface area (Å²) in [6.07, 6.45) is -7.22. The van der Waals surface area contributed by atoms with E-state index in [0.29, 0.717) is 0 Å². The lowest BCUT2D eigenvalue weighted by atomic mass is 9.12. The van der Waals surface area contributed by atoms with Crippen molar-refractivity contribution in [1.29, 1.82) is 0 Å². The summed E-state index contributed by atoms with van der Waals surface area (Å²) in [5, 5.41) is 2.66. The van der Waals surface area contributed by atoms with Gasteiger partial charge in [0.15, 0.2) is 76.4 Å². The van der Waals surface area contributed by atoms with E-state index in [1.165, 1.54) is 26.6 Å². The van der Waals surface area contributed by atoms with Gasteiger partial charge in [-0.25, -0.2) is 87.8 Å². The zero-order valence-corrected chi connectivity index (χ0v) is 31.9. The number of aromatic nitrogens is 1. The first-order valence-corrected chi connectivity index (χ1v) is 18.6. The van der Waals surface area contributed by atoms with E-state index < -0.39 is 144 Å². The van der Waals surface area contributed by atoms with E-state index in [0.717, 1.165) is 6.54 Å². The number of nitrogens with zero attached hydrogens (tertiary/aromatic N) is 1. The Bertz CT molecular complexity index is 2880. The highest BCUT2D eigenvalue weighted by atomic mass is 32.1. The Morgan fingerprint density at radius 2 is 0.646 bits per heavy atom. The van der Waals surface area contributed by atoms with Gasteiger partial charge in [0.1, 0.15) is 57.4 Å². The van der Waals surface area contributed by atoms with Crippen LogP contribution in [-0.2, 0) is 6.54 Å². The van der Waals surface area contributed by atoms with Crippen molar-refractivity contribution in [2.24, 2.45) is 0 Å². The molecule has 0 aliphatic carbocycles. The van der Waals surface area contributed by atoms with Crippen LogP contribution in [0.5, 0.6) is 0 Å². The Hall–Kier alpha value is -6.65. The summed E-state index contributed by atoms with van der Waals surface area (Å²) in [6.45, 7) is 0.922. The van der Waals surface area contributed by atoms with Gasteiger partial charge in [-0.15, -0.1) is 21.9 Å². The van der Waals surface area contributed by atoms with Crippen molar-refractivity contribution in [1.82, 2.24) is 0 Å². The van der Waals surface area contributed by atoms with Crippen molar-refractivity contribution in [3.63, 3.8) is 0 Å². The molecule has 1 aromatic heterocycles. The summed E-state index contributed by atoms with van der Waals surface area (Å²) >= 11 is 1.80. The molecule has 0 amide bonds. The summed E-state index contributed by atoms with van der Waals surface area (Å²) in [7, 11) is 0. The number of halogens is 20. The molecule has 0 fully saturated rings. The average Bonchev–Trinajstić information content (AvgIpc) is 3.71. The topological polar surface area (TPSA) is 3.88 Å². The second-order valence-electron chi connectivity index (χ2n) is 13.8. The highest BCUT2D eigenvalue weighted by molar-refractivity contribution is 7.20. The molecule has 0 saturated carbocycles. The van der Waals surface area contributed by atoms with Gasteiger partial charge in [0, 0.05) is 11.6 Å². The van der Waals surface area contributed by atoms with Crippen LogP contribution in [0.15, 0.2) is 72.2 Å². The molecule has 1 heterocycles. The molecule has 0 unspecified atom stereocenters. The molecule has 65 heavy (non-hydrogen) atoms. The third-order valence-corrected chi connectivity index (χ3v) is 11.4. The van der Waals surface area contributed by atoms with Gasteiger partial charge >= 0.3 is 0 Å². The molecule has 0 bridgehead atoms. The van der Waals surface area contributed by atoms with Crippen molar-refractivity contribution in [3.05, 3.63) is 194 Å². The Labute approximate surface area is 352 Å². The van der Waals surface area contributed by atoms with Gasteiger partial charge in [-0.1, -0.05) is 65.9 Å². The van der Waals surface area contributed by atoms with Gasteiger partial charge in [-0.05, 0) is 16.8 Å². The van der Waals surface area contributed by atoms with Gasteiger partial charge in [0.05, 0.1) is 0 Å². The first-order valence-electron chi connectivity index (χ1n) is 17.7. The smallest absolute Gasteiger partial charge is 0.207 e. The van der Waals surface area contributed by atoms with Crippen LogP contribution in [0.25, 0.3) is 21.0 Å². The molecule has 0 radical (unpaired) electrons. The molecule has 336 valence electrons. The summed E-state index contributed by atoms with van der Waals surface area (Å²) < 4.78 is 298. The minimum atomic E-state index is -7.22. The number of thiazole rings is 1. The molecule has 0 atom stereocenters. The predicted molar refractivity (Wildman–Crippen MR) is 194 cm³/mol. The summed E-state index contributed by atoms with van der Waals surface area (Å²) in [4.78, 5) is 0. The van der Waals surface area contributed by atoms with Crippen LogP contribution in [0.4, 0.5) is 87.8 Å². The van der Waals surface area contributed by atoms with E-state index >= 15 is 35.1 Å². The third-order valence-electron chi connectivity index (χ3n) is 10.4. The summed E-state index contributed by atoms with van der Waals surface area (Å²) in [5.41, 5.74) is -9.43. The molecule has 1 nitrogen and oxygen atoms in total. The van der Waals surface area contributed by atoms with Gasteiger partial charge < -0.3 is 0 Å². The quantitative estimate of drug-likeness (QED) is 0.0514. The molecule has 0 aliphatic rings. The standard InChI is InChI=1S/C24BF20.C18H14NS/c26-5-1(6(27)14(35)21(42)13(5)34)25(2-7(28)15(36)22(43)16(37)8(2)29,3-9(30)17(38)23(44)18(39)10(3)31)4-11(32)19(40)24(45)20(41)12(4)33;1-2-9-16-14(6-1)7-5-8-15(16)12-19-13-20-18-11-4-3-10-17(18)19/h;1-11,13H,12H2/q-1;+1. The average molecular weight is 955 g/mol. The maximum atomic E-state index is 15.4. The molecule has 0 N–H and O–H groups in total. The van der Waals surface area contributed by atoms with Crippen LogP contribution >= 0.6 is 11.3 Å². The highest BCUT2D eigenvalue weighted by Gasteiger charge is 2.52. The predicted octanol–water partition coefficient (Wildman–Crippen LogP) is 10.2. The first-order chi connectivity index (χ1) is 30.6. The maximum absolute atomic E-state index is 15.4. The Morgan fingerprint density at radius 1 is 0.338 bits per heavy atom. The normalized spacial score (nSPS) is 11.8. The van der Waals surface area contributed by atoms with E-state index in [2.05, 4.69) is 76.8 Å². The number of fused-ring (bicyclic) bond motifs is 2. The second kappa shape index (κ2) is 17.1. The van der Waals surface area contributed by atoms with Crippen LogP contribution in [0.3, 0.4) is 0 Å². The van der Waals surface area contributed by atoms with Crippen molar-refractivity contribution in [3.8, 4) is 0 Å². The molecule has 8 rings (SSSR count). The Morgan fingerprint density at radius 3 is 1.03 bits per heavy atom. The molecule has 0 aliphatic heterocycles. The fourth-order valence-corrected chi connectivity index (χ4v) is 8.47. The number of hydrogen-bond acceptors (Lipinski definition) is 1. The number of para-hydroxylation sites is 1. The minimum absolute atomic E-state index is 0.922. The monoisotopic (exact) mass is 955 g/mol. The van der Waals surface area contributed by atoms with Crippen LogP contribution in [-0.4, -0.2) is 6.15 Å². The molecule has 7 aromatic carbocycles. The zero-order valence-electron chi connectivity index (χ0n) is 31.1. The van der Waals surface area contributed by atoms with Gasteiger partial charge in [-0.2, -0.15) is 4.57 Å². The van der Waals surface area contributed by atoms with Crippen molar-refractivity contribution < 1.29 is 92.4 Å². The fraction of sp³-hybridized carbons (Fsp3) is 0.0238. The molecule has 0 spiro atoms. The summed E-state index contributed by atoms with van der Waals surface area (Å²) in [6, 6.07) is 23.7. The van der Waals surface area contributed by atoms with E-state index in [-0.39, 0.29) is 0 Å². The van der Waals surface area contributed by atoms with Gasteiger partial charge in [-0.3, -0.25) is 0 Å². The Kier molecular flexibility index (Phi) is 12.2. The number of hydrogen-bond donors (Lipinski definition) is 0. The van der Waals surface area contributed by atoms with Crippen molar-refractivity contribution in [2.75, 3.05) is 0 Å². The lowest BCUT2D eigenvalue weighted by molar-refractivity contribution is -0.657. The lowest BCUT2D eigenvalue weighted by Gasteiger charge is -2.44. The highest BCUT2D eigenvalue weighted by Crippen LogP contribution is 2.31. The number of benzene rings is 7. The van der Waals surface area contributed by atoms with Crippen molar-refractivity contribution in [2.45, 2.75) is 6.54 Å². The number of rotatable bonds is 6. The van der Waals surface area contributed by atoms with Crippen LogP contribution in [0.1, 0.15) is 5.56 Å². The maximum Gasteiger partial charge on any atom is 0.226 e. The van der Waals surface area contributed by atoms with E-state index in [9.17, 15) is 52.7 Å². The molecule has 23 heteroatoms. The van der Waals surface area contributed by atoms with E-state index in [4.69, 9.17) is 0 Å². The van der Waals surface area contributed by atoms with E-state index in [1.54, 1.807) is 11.3 Å². The first kappa shape index (κ1) is 46.4. The van der Waals surface area contributed by atoms with Gasteiger partial charge in [0.2, 0.25) is 11.0 Å². The van der Waals surface area contributed by atoms with Crippen molar-refractivity contribution >= 4 is 60.3 Å². The minimum Gasteiger partial charge on any atom is -0.207 e. The summed E-state index contributed by atoms with van der Waals surface area (Å²) in [5.74, 6) is -71.4. The third kappa shape index (κ3) is 7.01. The SMILES string of the molecule is Fc1c(F)c(F)c([B-](c2c(F)c(F)c(F)c(F)c2F)(c2c(F)c(F)c(F)c(F)c2F)c2c(F)c(F)c(F)c(F)c2F)c(F)c1F.c1ccc2c(C[n+]3csc4ccccc43)cccc2c1. The molecular formula is C42H14BF20NS. The lowest BCUT2D eigenvalue weighted by Crippen LogP contribution is -2.81. The fourth-order valence-electron chi connectivity index (χ4n) is 7.58.